The molecule has 0 saturated carbocycles. The topological polar surface area (TPSA) is 261 Å². The number of halogens is 4. The molecule has 0 aliphatic heterocycles. The zero-order chi connectivity index (χ0) is 44.9. The monoisotopic (exact) mass is 935 g/mol. The van der Waals surface area contributed by atoms with Crippen molar-refractivity contribution in [1.82, 2.24) is 24.7 Å². The van der Waals surface area contributed by atoms with Gasteiger partial charge in [0.1, 0.15) is 39.0 Å². The lowest BCUT2D eigenvalue weighted by Gasteiger charge is -2.09. The number of aromatic nitrogens is 4. The standard InChI is InChI=1S/C14H9Cl2NO5.C12H12ClN5O4S.C11H8ClNO3/c1-21-14(18)10-7-9(3-4-12(10)17(19)20)22-13-5-2-8(15)6-11(13)16;1-7-14-10(17-12(15-7)22-2)16-11(19)18-23(20,21)9-6-4-3-5-8(9)13;12-8-3-4-9(16-6-10(14)15)11-7(8)2-1-5-13-11/h2-7H,1H3;3-6H,1-2H3,(H2,14,15,16,17,18,19);1-5H,6H2,(H,14,15). The van der Waals surface area contributed by atoms with Gasteiger partial charge in [0.2, 0.25) is 5.95 Å². The van der Waals surface area contributed by atoms with Crippen LogP contribution in [0, 0.1) is 17.0 Å². The van der Waals surface area contributed by atoms with Gasteiger partial charge in [-0.3, -0.25) is 20.4 Å². The van der Waals surface area contributed by atoms with Crippen molar-refractivity contribution in [3.8, 4) is 23.3 Å². The van der Waals surface area contributed by atoms with Crippen molar-refractivity contribution >= 4 is 96.9 Å². The van der Waals surface area contributed by atoms with Crippen LogP contribution in [-0.4, -0.2) is 77.2 Å². The number of hydrogen-bond donors (Lipinski definition) is 3. The third kappa shape index (κ3) is 13.5. The molecule has 2 amide bonds. The molecule has 0 atom stereocenters. The molecule has 3 N–H and O–H groups in total. The summed E-state index contributed by atoms with van der Waals surface area (Å²) in [6, 6.07) is 19.8. The van der Waals surface area contributed by atoms with Crippen molar-refractivity contribution in [2.24, 2.45) is 0 Å². The van der Waals surface area contributed by atoms with Gasteiger partial charge in [-0.1, -0.05) is 58.5 Å². The number of fused-ring (bicyclic) bond motifs is 1. The van der Waals surface area contributed by atoms with Crippen LogP contribution in [0.15, 0.2) is 96.0 Å². The summed E-state index contributed by atoms with van der Waals surface area (Å²) in [5.41, 5.74) is -0.0206. The van der Waals surface area contributed by atoms with Crippen molar-refractivity contribution < 1.29 is 51.8 Å². The number of carboxylic acids is 1. The van der Waals surface area contributed by atoms with Gasteiger partial charge >= 0.3 is 24.0 Å². The lowest BCUT2D eigenvalue weighted by molar-refractivity contribution is -0.385. The van der Waals surface area contributed by atoms with Gasteiger partial charge in [-0.2, -0.15) is 15.0 Å². The first-order valence-corrected chi connectivity index (χ1v) is 19.6. The van der Waals surface area contributed by atoms with E-state index in [2.05, 4.69) is 30.0 Å². The molecule has 0 unspecified atom stereocenters. The average molecular weight is 938 g/mol. The summed E-state index contributed by atoms with van der Waals surface area (Å²) in [5, 5.41) is 23.6. The first-order chi connectivity index (χ1) is 28.9. The highest BCUT2D eigenvalue weighted by molar-refractivity contribution is 7.90. The Kier molecular flexibility index (Phi) is 16.7. The molecule has 6 rings (SSSR count). The fraction of sp³-hybridized carbons (Fsp3) is 0.108. The van der Waals surface area contributed by atoms with Crippen molar-refractivity contribution in [2.75, 3.05) is 26.1 Å². The molecule has 2 aromatic heterocycles. The van der Waals surface area contributed by atoms with Gasteiger partial charge < -0.3 is 24.1 Å². The number of hydrogen-bond acceptors (Lipinski definition) is 15. The minimum absolute atomic E-state index is 0.00882. The number of nitro groups is 1. The van der Waals surface area contributed by atoms with E-state index in [4.69, 9.17) is 65.7 Å². The number of nitrogens with zero attached hydrogens (tertiary/aromatic N) is 5. The van der Waals surface area contributed by atoms with E-state index in [0.29, 0.717) is 32.9 Å². The summed E-state index contributed by atoms with van der Waals surface area (Å²) in [6.07, 6.45) is 1.60. The molecular weight excluding hydrogens is 908 g/mol. The van der Waals surface area contributed by atoms with E-state index in [1.165, 1.54) is 43.5 Å². The summed E-state index contributed by atoms with van der Waals surface area (Å²) in [4.78, 5) is 59.5. The predicted molar refractivity (Wildman–Crippen MR) is 223 cm³/mol. The largest absolute Gasteiger partial charge is 0.480 e. The van der Waals surface area contributed by atoms with Crippen molar-refractivity contribution in [1.29, 1.82) is 0 Å². The molecule has 24 heteroatoms. The van der Waals surface area contributed by atoms with Crippen LogP contribution < -0.4 is 24.2 Å². The van der Waals surface area contributed by atoms with Crippen LogP contribution in [0.2, 0.25) is 20.1 Å². The molecule has 61 heavy (non-hydrogen) atoms. The molecule has 0 saturated heterocycles. The van der Waals surface area contributed by atoms with Crippen LogP contribution in [0.25, 0.3) is 10.9 Å². The smallest absolute Gasteiger partial charge is 0.345 e. The first-order valence-electron chi connectivity index (χ1n) is 16.6. The SMILES string of the molecule is COC(=O)c1cc(Oc2ccc(Cl)cc2Cl)ccc1[N+](=O)[O-].COc1nc(C)nc(NC(=O)NS(=O)(=O)c2ccccc2Cl)n1.O=C(O)COc1ccc(Cl)c2cccnc12. The van der Waals surface area contributed by atoms with Crippen LogP contribution in [0.5, 0.6) is 23.3 Å². The Morgan fingerprint density at radius 2 is 1.57 bits per heavy atom. The molecule has 6 aromatic rings. The van der Waals surface area contributed by atoms with Crippen LogP contribution in [0.1, 0.15) is 16.2 Å². The Balaban J connectivity index is 0.000000205. The van der Waals surface area contributed by atoms with Gasteiger partial charge in [-0.15, -0.1) is 0 Å². The maximum absolute atomic E-state index is 12.1. The van der Waals surface area contributed by atoms with Crippen LogP contribution >= 0.6 is 46.4 Å². The number of sulfonamides is 1. The third-order valence-corrected chi connectivity index (χ3v) is 9.90. The molecule has 0 aliphatic carbocycles. The van der Waals surface area contributed by atoms with E-state index in [1.807, 2.05) is 4.72 Å². The lowest BCUT2D eigenvalue weighted by Crippen LogP contribution is -2.35. The number of nitro benzene ring substituents is 1. The van der Waals surface area contributed by atoms with Gasteiger partial charge in [0.05, 0.1) is 34.2 Å². The fourth-order valence-electron chi connectivity index (χ4n) is 4.64. The molecule has 318 valence electrons. The zero-order valence-electron chi connectivity index (χ0n) is 31.5. The number of carbonyl (C=O) groups is 3. The normalized spacial score (nSPS) is 10.5. The number of carbonyl (C=O) groups excluding carboxylic acids is 2. The van der Waals surface area contributed by atoms with Crippen molar-refractivity contribution in [3.05, 3.63) is 133 Å². The number of anilines is 1. The Morgan fingerprint density at radius 3 is 2.23 bits per heavy atom. The van der Waals surface area contributed by atoms with Gasteiger partial charge in [0, 0.05) is 28.7 Å². The quantitative estimate of drug-likeness (QED) is 0.0628. The first kappa shape index (κ1) is 47.1. The molecule has 0 bridgehead atoms. The fourth-order valence-corrected chi connectivity index (χ4v) is 6.73. The van der Waals surface area contributed by atoms with E-state index in [9.17, 15) is 32.9 Å². The molecule has 0 radical (unpaired) electrons. The number of pyridine rings is 1. The average Bonchev–Trinajstić information content (AvgIpc) is 3.21. The minimum Gasteiger partial charge on any atom is -0.480 e. The maximum atomic E-state index is 12.1. The maximum Gasteiger partial charge on any atom is 0.345 e. The number of carboxylic acid groups (broad SMARTS) is 1. The Labute approximate surface area is 365 Å². The number of aliphatic carboxylic acids is 1. The number of benzene rings is 4. The van der Waals surface area contributed by atoms with Gasteiger partial charge in [0.25, 0.3) is 15.7 Å². The lowest BCUT2D eigenvalue weighted by atomic mass is 10.1. The molecular formula is C37H29Cl4N7O12S. The number of rotatable bonds is 11. The van der Waals surface area contributed by atoms with Gasteiger partial charge in [-0.05, 0) is 67.6 Å². The van der Waals surface area contributed by atoms with E-state index >= 15 is 0 Å². The summed E-state index contributed by atoms with van der Waals surface area (Å²) in [6.45, 7) is 1.17. The Bertz CT molecular complexity index is 2710. The molecule has 19 nitrogen and oxygen atoms in total. The minimum atomic E-state index is -4.13. The number of amides is 2. The van der Waals surface area contributed by atoms with E-state index in [0.717, 1.165) is 18.6 Å². The highest BCUT2D eigenvalue weighted by Crippen LogP contribution is 2.34. The van der Waals surface area contributed by atoms with Crippen molar-refractivity contribution in [3.63, 3.8) is 0 Å². The molecule has 0 aliphatic rings. The number of ether oxygens (including phenoxy) is 4. The number of aryl methyl sites for hydroxylation is 1. The third-order valence-electron chi connectivity index (χ3n) is 7.21. The molecule has 2 heterocycles. The Morgan fingerprint density at radius 1 is 0.852 bits per heavy atom. The Hall–Kier alpha value is -6.58. The van der Waals surface area contributed by atoms with E-state index in [1.54, 1.807) is 55.6 Å². The number of esters is 1. The van der Waals surface area contributed by atoms with Crippen LogP contribution in [-0.2, 0) is 19.6 Å². The number of nitrogens with one attached hydrogen (secondary N) is 2. The number of urea groups is 1. The van der Waals surface area contributed by atoms with Crippen LogP contribution in [0.4, 0.5) is 16.4 Å². The second kappa shape index (κ2) is 21.6. The zero-order valence-corrected chi connectivity index (χ0v) is 35.3. The predicted octanol–water partition coefficient (Wildman–Crippen LogP) is 8.18. The number of methoxy groups -OCH3 is 2. The van der Waals surface area contributed by atoms with Crippen LogP contribution in [0.3, 0.4) is 0 Å². The van der Waals surface area contributed by atoms with Gasteiger partial charge in [0.15, 0.2) is 6.61 Å². The van der Waals surface area contributed by atoms with E-state index < -0.39 is 39.5 Å². The summed E-state index contributed by atoms with van der Waals surface area (Å²) in [7, 11) is -1.65. The second-order valence-electron chi connectivity index (χ2n) is 11.4. The summed E-state index contributed by atoms with van der Waals surface area (Å²) in [5.74, 6) is -0.797. The van der Waals surface area contributed by atoms with Crippen molar-refractivity contribution in [2.45, 2.75) is 11.8 Å². The highest BCUT2D eigenvalue weighted by atomic mass is 35.5. The van der Waals surface area contributed by atoms with E-state index in [-0.39, 0.29) is 43.9 Å². The highest BCUT2D eigenvalue weighted by Gasteiger charge is 2.23. The molecule has 4 aromatic carbocycles. The molecule has 0 fully saturated rings. The summed E-state index contributed by atoms with van der Waals surface area (Å²) < 4.78 is 46.0. The summed E-state index contributed by atoms with van der Waals surface area (Å²) >= 11 is 23.6. The molecule has 0 spiro atoms. The van der Waals surface area contributed by atoms with Gasteiger partial charge in [-0.25, -0.2) is 27.5 Å². The second-order valence-corrected chi connectivity index (χ2v) is 14.7.